The van der Waals surface area contributed by atoms with Gasteiger partial charge in [-0.2, -0.15) is 5.26 Å². The van der Waals surface area contributed by atoms with Crippen molar-refractivity contribution in [3.05, 3.63) is 70.3 Å². The number of nitrogens with two attached hydrogens (primary N) is 1. The number of nitrogens with one attached hydrogen (secondary N) is 1. The molecule has 2 atom stereocenters. The van der Waals surface area contributed by atoms with Crippen molar-refractivity contribution in [1.29, 1.82) is 5.26 Å². The molecule has 0 radical (unpaired) electrons. The normalized spacial score (nSPS) is 16.3. The number of amides is 3. The van der Waals surface area contributed by atoms with Crippen molar-refractivity contribution < 1.29 is 19.5 Å². The highest BCUT2D eigenvalue weighted by atomic mass is 35.5. The fraction of sp³-hybridized carbons (Fsp3) is 0.441. The maximum absolute atomic E-state index is 13.5. The number of likely N-dealkylation sites (tertiary alicyclic amines) is 1. The Morgan fingerprint density at radius 2 is 1.87 bits per heavy atom. The summed E-state index contributed by atoms with van der Waals surface area (Å²) < 4.78 is 1.86. The van der Waals surface area contributed by atoms with Crippen LogP contribution in [0.3, 0.4) is 0 Å². The van der Waals surface area contributed by atoms with Crippen molar-refractivity contribution in [3.8, 4) is 6.07 Å². The zero-order valence-corrected chi connectivity index (χ0v) is 27.9. The van der Waals surface area contributed by atoms with Gasteiger partial charge in [-0.25, -0.2) is 9.78 Å². The van der Waals surface area contributed by atoms with Gasteiger partial charge in [-0.05, 0) is 87.1 Å². The number of nitriles is 1. The van der Waals surface area contributed by atoms with E-state index in [9.17, 15) is 24.8 Å². The second-order valence-corrected chi connectivity index (χ2v) is 14.0. The van der Waals surface area contributed by atoms with E-state index in [1.165, 1.54) is 11.0 Å². The number of hydrogen-bond donors (Lipinski definition) is 3. The van der Waals surface area contributed by atoms with Gasteiger partial charge in [-0.3, -0.25) is 14.9 Å². The number of aromatic nitrogens is 2. The fourth-order valence-corrected chi connectivity index (χ4v) is 5.66. The highest BCUT2D eigenvalue weighted by Gasteiger charge is 2.33. The maximum atomic E-state index is 13.5. The Labute approximate surface area is 274 Å². The van der Waals surface area contributed by atoms with Crippen LogP contribution in [0.4, 0.5) is 10.7 Å². The molecule has 46 heavy (non-hydrogen) atoms. The first-order valence-corrected chi connectivity index (χ1v) is 15.6. The van der Waals surface area contributed by atoms with Crippen molar-refractivity contribution in [2.45, 2.75) is 85.1 Å². The van der Waals surface area contributed by atoms with Gasteiger partial charge in [0.2, 0.25) is 5.95 Å². The van der Waals surface area contributed by atoms with E-state index < -0.39 is 11.6 Å². The van der Waals surface area contributed by atoms with Gasteiger partial charge in [-0.1, -0.05) is 38.4 Å². The second kappa shape index (κ2) is 13.5. The summed E-state index contributed by atoms with van der Waals surface area (Å²) in [6.45, 7) is 12.3. The lowest BCUT2D eigenvalue weighted by atomic mass is 9.87. The number of carboxylic acid groups (broad SMARTS) is 1. The van der Waals surface area contributed by atoms with Gasteiger partial charge in [0.15, 0.2) is 0 Å². The largest absolute Gasteiger partial charge is 0.465 e. The lowest BCUT2D eigenvalue weighted by Crippen LogP contribution is -2.44. The molecule has 2 aromatic carbocycles. The summed E-state index contributed by atoms with van der Waals surface area (Å²) in [5.41, 5.74) is 7.37. The van der Waals surface area contributed by atoms with E-state index in [2.05, 4.69) is 5.32 Å². The van der Waals surface area contributed by atoms with Gasteiger partial charge in [0.25, 0.3) is 11.8 Å². The summed E-state index contributed by atoms with van der Waals surface area (Å²) in [4.78, 5) is 46.8. The van der Waals surface area contributed by atoms with Crippen molar-refractivity contribution in [3.63, 3.8) is 0 Å². The minimum Gasteiger partial charge on any atom is -0.465 e. The van der Waals surface area contributed by atoms with Gasteiger partial charge < -0.3 is 25.2 Å². The molecule has 3 aromatic rings. The Kier molecular flexibility index (Phi) is 10.1. The van der Waals surface area contributed by atoms with Crippen LogP contribution in [0.5, 0.6) is 0 Å². The van der Waals surface area contributed by atoms with E-state index in [1.54, 1.807) is 43.0 Å². The van der Waals surface area contributed by atoms with E-state index in [0.29, 0.717) is 41.1 Å². The maximum Gasteiger partial charge on any atom is 0.407 e. The minimum absolute atomic E-state index is 0.0109. The molecule has 0 spiro atoms. The summed E-state index contributed by atoms with van der Waals surface area (Å²) in [5, 5.41) is 23.2. The number of halogens is 1. The fourth-order valence-electron chi connectivity index (χ4n) is 5.54. The Morgan fingerprint density at radius 1 is 1.20 bits per heavy atom. The Hall–Kier alpha value is -4.40. The molecule has 4 N–H and O–H groups in total. The molecule has 1 aliphatic heterocycles. The SMILES string of the molecule is CC(N(Cc1ccc2c(c1)nc(NC(=O)c1ccc(Cl)cc1)n2CC1CCCN1C(=O)C(C#N)=CC(C)(C)N)C(=O)O)C(C)(C)C. The minimum atomic E-state index is -1.02. The highest BCUT2D eigenvalue weighted by Crippen LogP contribution is 2.30. The number of carbonyl (C=O) groups excluding carboxylic acids is 2. The van der Waals surface area contributed by atoms with E-state index in [0.717, 1.165) is 12.0 Å². The third kappa shape index (κ3) is 8.05. The molecule has 4 rings (SSSR count). The molecular weight excluding hydrogens is 606 g/mol. The Balaban J connectivity index is 1.72. The molecule has 0 aliphatic carbocycles. The molecule has 2 unspecified atom stereocenters. The van der Waals surface area contributed by atoms with Gasteiger partial charge >= 0.3 is 6.09 Å². The molecule has 244 valence electrons. The van der Waals surface area contributed by atoms with E-state index in [-0.39, 0.29) is 47.4 Å². The number of anilines is 1. The van der Waals surface area contributed by atoms with Gasteiger partial charge in [0.05, 0.1) is 17.1 Å². The molecule has 1 aliphatic rings. The van der Waals surface area contributed by atoms with Crippen molar-refractivity contribution in [2.24, 2.45) is 11.1 Å². The van der Waals surface area contributed by atoms with Crippen LogP contribution in [0.1, 0.15) is 70.3 Å². The number of nitrogens with zero attached hydrogens (tertiary/aromatic N) is 5. The van der Waals surface area contributed by atoms with E-state index in [1.807, 2.05) is 56.5 Å². The van der Waals surface area contributed by atoms with Gasteiger partial charge in [0, 0.05) is 41.8 Å². The Bertz CT molecular complexity index is 1690. The van der Waals surface area contributed by atoms with Crippen LogP contribution >= 0.6 is 11.6 Å². The first-order valence-electron chi connectivity index (χ1n) is 15.3. The summed E-state index contributed by atoms with van der Waals surface area (Å²) in [7, 11) is 0. The molecule has 3 amide bonds. The van der Waals surface area contributed by atoms with Gasteiger partial charge in [0.1, 0.15) is 11.6 Å². The highest BCUT2D eigenvalue weighted by molar-refractivity contribution is 6.30. The lowest BCUT2D eigenvalue weighted by Gasteiger charge is -2.36. The molecule has 1 fully saturated rings. The van der Waals surface area contributed by atoms with Crippen molar-refractivity contribution >= 4 is 46.5 Å². The number of carbonyl (C=O) groups is 3. The number of benzene rings is 2. The van der Waals surface area contributed by atoms with Crippen LogP contribution in [0.15, 0.2) is 54.1 Å². The molecule has 2 heterocycles. The number of rotatable bonds is 9. The first kappa shape index (κ1) is 34.5. The summed E-state index contributed by atoms with van der Waals surface area (Å²) in [5.74, 6) is -0.490. The van der Waals surface area contributed by atoms with Crippen LogP contribution in [-0.2, 0) is 17.9 Å². The zero-order chi connectivity index (χ0) is 34.0. The van der Waals surface area contributed by atoms with Crippen molar-refractivity contribution in [1.82, 2.24) is 19.4 Å². The van der Waals surface area contributed by atoms with Crippen LogP contribution in [0, 0.1) is 16.7 Å². The average Bonchev–Trinajstić information content (AvgIpc) is 3.57. The summed E-state index contributed by atoms with van der Waals surface area (Å²) in [6, 6.07) is 13.5. The quantitative estimate of drug-likeness (QED) is 0.189. The van der Waals surface area contributed by atoms with Crippen LogP contribution in [0.2, 0.25) is 5.02 Å². The monoisotopic (exact) mass is 647 g/mol. The zero-order valence-electron chi connectivity index (χ0n) is 27.2. The summed E-state index contributed by atoms with van der Waals surface area (Å²) >= 11 is 6.02. The van der Waals surface area contributed by atoms with Crippen LogP contribution in [-0.4, -0.2) is 66.5 Å². The topological polar surface area (TPSA) is 158 Å². The molecule has 11 nitrogen and oxygen atoms in total. The third-order valence-electron chi connectivity index (χ3n) is 8.36. The molecule has 0 bridgehead atoms. The van der Waals surface area contributed by atoms with Crippen LogP contribution in [0.25, 0.3) is 11.0 Å². The lowest BCUT2D eigenvalue weighted by molar-refractivity contribution is -0.127. The third-order valence-corrected chi connectivity index (χ3v) is 8.61. The number of imidazole rings is 1. The molecule has 1 aromatic heterocycles. The second-order valence-electron chi connectivity index (χ2n) is 13.6. The first-order chi connectivity index (χ1) is 21.5. The van der Waals surface area contributed by atoms with Crippen molar-refractivity contribution in [2.75, 3.05) is 11.9 Å². The van der Waals surface area contributed by atoms with E-state index in [4.69, 9.17) is 22.3 Å². The molecule has 12 heteroatoms. The molecule has 0 saturated carbocycles. The average molecular weight is 648 g/mol. The number of hydrogen-bond acceptors (Lipinski definition) is 6. The summed E-state index contributed by atoms with van der Waals surface area (Å²) in [6.07, 6.45) is 1.91. The molecular formula is C34H42ClN7O4. The standard InChI is InChI=1S/C34H42ClN7O4/c1-21(33(2,3)4)41(32(45)46)19-22-9-14-28-27(16-22)38-31(39-29(43)23-10-12-25(35)13-11-23)42(28)20-26-8-7-15-40(26)30(44)24(18-36)17-34(5,6)37/h9-14,16-17,21,26H,7-8,15,19-20,37H2,1-6H3,(H,45,46)(H,38,39,43). The number of fused-ring (bicyclic) bond motifs is 1. The predicted molar refractivity (Wildman–Crippen MR) is 178 cm³/mol. The van der Waals surface area contributed by atoms with Crippen LogP contribution < -0.4 is 11.1 Å². The smallest absolute Gasteiger partial charge is 0.407 e. The predicted octanol–water partition coefficient (Wildman–Crippen LogP) is 6.03. The molecule has 1 saturated heterocycles. The van der Waals surface area contributed by atoms with Gasteiger partial charge in [-0.15, -0.1) is 0 Å². The Morgan fingerprint density at radius 3 is 2.46 bits per heavy atom. The van der Waals surface area contributed by atoms with E-state index >= 15 is 0 Å².